The summed E-state index contributed by atoms with van der Waals surface area (Å²) in [5.74, 6) is 0. The Bertz CT molecular complexity index is 482. The molecular formula is C13H16N2. The average Bonchev–Trinajstić information content (AvgIpc) is 2.58. The number of rotatable bonds is 3. The number of nitrogens with zero attached hydrogens (tertiary/aromatic N) is 1. The first-order valence-corrected chi connectivity index (χ1v) is 5.14. The molecule has 0 fully saturated rings. The quantitative estimate of drug-likeness (QED) is 0.759. The van der Waals surface area contributed by atoms with Gasteiger partial charge in [-0.3, -0.25) is 0 Å². The third-order valence-corrected chi connectivity index (χ3v) is 2.75. The highest BCUT2D eigenvalue weighted by Crippen LogP contribution is 2.26. The van der Waals surface area contributed by atoms with Gasteiger partial charge in [0, 0.05) is 30.2 Å². The van der Waals surface area contributed by atoms with Crippen molar-refractivity contribution in [3.63, 3.8) is 0 Å². The second-order valence-electron chi connectivity index (χ2n) is 3.84. The van der Waals surface area contributed by atoms with E-state index in [-0.39, 0.29) is 6.04 Å². The first-order chi connectivity index (χ1) is 7.24. The number of benzene rings is 1. The lowest BCUT2D eigenvalue weighted by atomic mass is 10.0. The fourth-order valence-electron chi connectivity index (χ4n) is 1.98. The number of fused-ring (bicyclic) bond motifs is 1. The number of hydrogen-bond donors (Lipinski definition) is 1. The molecule has 0 aliphatic rings. The number of para-hydroxylation sites is 1. The van der Waals surface area contributed by atoms with Crippen LogP contribution in [-0.2, 0) is 7.05 Å². The Kier molecular flexibility index (Phi) is 2.60. The van der Waals surface area contributed by atoms with Gasteiger partial charge in [0.25, 0.3) is 0 Å². The molecule has 0 spiro atoms. The summed E-state index contributed by atoms with van der Waals surface area (Å²) in [5.41, 5.74) is 8.53. The van der Waals surface area contributed by atoms with Gasteiger partial charge in [0.1, 0.15) is 0 Å². The molecule has 2 aromatic rings. The molecule has 0 saturated heterocycles. The van der Waals surface area contributed by atoms with E-state index in [4.69, 9.17) is 5.73 Å². The predicted molar refractivity (Wildman–Crippen MR) is 64.7 cm³/mol. The molecule has 2 rings (SSSR count). The smallest absolute Gasteiger partial charge is 0.0481 e. The van der Waals surface area contributed by atoms with Gasteiger partial charge in [0.05, 0.1) is 0 Å². The second-order valence-corrected chi connectivity index (χ2v) is 3.84. The van der Waals surface area contributed by atoms with Crippen LogP contribution < -0.4 is 5.73 Å². The van der Waals surface area contributed by atoms with Crippen LogP contribution in [0.15, 0.2) is 43.1 Å². The summed E-state index contributed by atoms with van der Waals surface area (Å²) < 4.78 is 2.12. The van der Waals surface area contributed by atoms with Crippen LogP contribution in [0.3, 0.4) is 0 Å². The van der Waals surface area contributed by atoms with Crippen LogP contribution in [0, 0.1) is 0 Å². The molecule has 0 aliphatic heterocycles. The van der Waals surface area contributed by atoms with Gasteiger partial charge >= 0.3 is 0 Å². The zero-order valence-corrected chi connectivity index (χ0v) is 8.98. The predicted octanol–water partition coefficient (Wildman–Crippen LogP) is 2.75. The Hall–Kier alpha value is -1.54. The molecule has 2 N–H and O–H groups in total. The molecule has 0 bridgehead atoms. The van der Waals surface area contributed by atoms with Crippen molar-refractivity contribution in [3.8, 4) is 0 Å². The third-order valence-electron chi connectivity index (χ3n) is 2.75. The Morgan fingerprint density at radius 2 is 2.20 bits per heavy atom. The Balaban J connectivity index is 2.56. The van der Waals surface area contributed by atoms with Crippen molar-refractivity contribution in [1.29, 1.82) is 0 Å². The first-order valence-electron chi connectivity index (χ1n) is 5.14. The summed E-state index contributed by atoms with van der Waals surface area (Å²) in [7, 11) is 2.05. The fourth-order valence-corrected chi connectivity index (χ4v) is 1.98. The van der Waals surface area contributed by atoms with Gasteiger partial charge in [0.2, 0.25) is 0 Å². The molecule has 78 valence electrons. The molecule has 2 nitrogen and oxygen atoms in total. The van der Waals surface area contributed by atoms with E-state index in [1.165, 1.54) is 16.5 Å². The van der Waals surface area contributed by atoms with Crippen LogP contribution in [0.25, 0.3) is 10.9 Å². The van der Waals surface area contributed by atoms with Crippen molar-refractivity contribution in [2.24, 2.45) is 12.8 Å². The number of aromatic nitrogens is 1. The minimum Gasteiger partial charge on any atom is -0.350 e. The SMILES string of the molecule is C=CC[C@@H](N)c1cn(C)c2ccccc12. The van der Waals surface area contributed by atoms with Crippen LogP contribution in [0.4, 0.5) is 0 Å². The van der Waals surface area contributed by atoms with Gasteiger partial charge in [-0.1, -0.05) is 24.3 Å². The molecule has 15 heavy (non-hydrogen) atoms. The van der Waals surface area contributed by atoms with Crippen molar-refractivity contribution < 1.29 is 0 Å². The standard InChI is InChI=1S/C13H16N2/c1-3-6-12(14)11-9-15(2)13-8-5-4-7-10(11)13/h3-5,7-9,12H,1,6,14H2,2H3/t12-/m1/s1. The van der Waals surface area contributed by atoms with Crippen molar-refractivity contribution in [2.45, 2.75) is 12.5 Å². The Morgan fingerprint density at radius 3 is 2.93 bits per heavy atom. The van der Waals surface area contributed by atoms with Gasteiger partial charge < -0.3 is 10.3 Å². The lowest BCUT2D eigenvalue weighted by molar-refractivity contribution is 0.742. The summed E-state index contributed by atoms with van der Waals surface area (Å²) in [4.78, 5) is 0. The van der Waals surface area contributed by atoms with Gasteiger partial charge in [-0.05, 0) is 18.1 Å². The molecule has 1 atom stereocenters. The van der Waals surface area contributed by atoms with Crippen molar-refractivity contribution >= 4 is 10.9 Å². The first kappa shape index (κ1) is 9.99. The zero-order chi connectivity index (χ0) is 10.8. The van der Waals surface area contributed by atoms with Crippen molar-refractivity contribution in [1.82, 2.24) is 4.57 Å². The minimum absolute atomic E-state index is 0.0496. The summed E-state index contributed by atoms with van der Waals surface area (Å²) in [6, 6.07) is 8.37. The molecular weight excluding hydrogens is 184 g/mol. The average molecular weight is 200 g/mol. The molecule has 0 unspecified atom stereocenters. The summed E-state index contributed by atoms with van der Waals surface area (Å²) >= 11 is 0. The van der Waals surface area contributed by atoms with Gasteiger partial charge in [-0.15, -0.1) is 6.58 Å². The normalized spacial score (nSPS) is 12.9. The van der Waals surface area contributed by atoms with Crippen molar-refractivity contribution in [2.75, 3.05) is 0 Å². The molecule has 0 aliphatic carbocycles. The van der Waals surface area contributed by atoms with Crippen LogP contribution in [-0.4, -0.2) is 4.57 Å². The van der Waals surface area contributed by atoms with E-state index in [0.717, 1.165) is 6.42 Å². The molecule has 1 heterocycles. The highest BCUT2D eigenvalue weighted by atomic mass is 14.9. The van der Waals surface area contributed by atoms with Crippen LogP contribution in [0.5, 0.6) is 0 Å². The van der Waals surface area contributed by atoms with Gasteiger partial charge in [-0.2, -0.15) is 0 Å². The van der Waals surface area contributed by atoms with Gasteiger partial charge in [-0.25, -0.2) is 0 Å². The van der Waals surface area contributed by atoms with E-state index in [1.54, 1.807) is 0 Å². The fraction of sp³-hybridized carbons (Fsp3) is 0.231. The topological polar surface area (TPSA) is 30.9 Å². The Morgan fingerprint density at radius 1 is 1.47 bits per heavy atom. The minimum atomic E-state index is 0.0496. The highest BCUT2D eigenvalue weighted by molar-refractivity contribution is 5.84. The van der Waals surface area contributed by atoms with E-state index in [9.17, 15) is 0 Å². The van der Waals surface area contributed by atoms with E-state index in [0.29, 0.717) is 0 Å². The van der Waals surface area contributed by atoms with Crippen molar-refractivity contribution in [3.05, 3.63) is 48.7 Å². The van der Waals surface area contributed by atoms with Crippen LogP contribution in [0.1, 0.15) is 18.0 Å². The van der Waals surface area contributed by atoms with E-state index in [1.807, 2.05) is 25.3 Å². The zero-order valence-electron chi connectivity index (χ0n) is 8.98. The third kappa shape index (κ3) is 1.68. The van der Waals surface area contributed by atoms with E-state index in [2.05, 4.69) is 29.5 Å². The monoisotopic (exact) mass is 200 g/mol. The lowest BCUT2D eigenvalue weighted by Crippen LogP contribution is -2.08. The van der Waals surface area contributed by atoms with Crippen LogP contribution in [0.2, 0.25) is 0 Å². The molecule has 0 amide bonds. The number of aryl methyl sites for hydroxylation is 1. The Labute approximate surface area is 90.0 Å². The maximum absolute atomic E-state index is 6.10. The lowest BCUT2D eigenvalue weighted by Gasteiger charge is -2.06. The number of nitrogens with two attached hydrogens (primary N) is 1. The highest BCUT2D eigenvalue weighted by Gasteiger charge is 2.11. The molecule has 2 heteroatoms. The summed E-state index contributed by atoms with van der Waals surface area (Å²) in [5, 5.41) is 1.24. The van der Waals surface area contributed by atoms with E-state index < -0.39 is 0 Å². The molecule has 1 aromatic carbocycles. The maximum atomic E-state index is 6.10. The number of hydrogen-bond acceptors (Lipinski definition) is 1. The molecule has 1 aromatic heterocycles. The van der Waals surface area contributed by atoms with Gasteiger partial charge in [0.15, 0.2) is 0 Å². The second kappa shape index (κ2) is 3.91. The molecule has 0 radical (unpaired) electrons. The largest absolute Gasteiger partial charge is 0.350 e. The van der Waals surface area contributed by atoms with Crippen LogP contribution >= 0.6 is 0 Å². The summed E-state index contributed by atoms with van der Waals surface area (Å²) in [6.45, 7) is 3.73. The maximum Gasteiger partial charge on any atom is 0.0481 e. The molecule has 0 saturated carbocycles. The van der Waals surface area contributed by atoms with E-state index >= 15 is 0 Å². The summed E-state index contributed by atoms with van der Waals surface area (Å²) in [6.07, 6.45) is 4.79.